The van der Waals surface area contributed by atoms with Gasteiger partial charge in [-0.2, -0.15) is 4.31 Å². The molecule has 4 rings (SSSR count). The Balaban J connectivity index is 1.54. The Morgan fingerprint density at radius 1 is 1.10 bits per heavy atom. The Labute approximate surface area is 247 Å². The van der Waals surface area contributed by atoms with Crippen molar-refractivity contribution in [3.05, 3.63) is 54.1 Å². The molecule has 2 aromatic rings. The van der Waals surface area contributed by atoms with Crippen LogP contribution >= 0.6 is 0 Å². The Morgan fingerprint density at radius 2 is 1.79 bits per heavy atom. The molecule has 232 valence electrons. The molecule has 2 fully saturated rings. The molecular weight excluding hydrogens is 564 g/mol. The predicted molar refractivity (Wildman–Crippen MR) is 155 cm³/mol. The van der Waals surface area contributed by atoms with E-state index < -0.39 is 52.4 Å². The van der Waals surface area contributed by atoms with Gasteiger partial charge in [0.2, 0.25) is 10.0 Å². The monoisotopic (exact) mass is 606 g/mol. The number of sulfonamides is 1. The van der Waals surface area contributed by atoms with Crippen LogP contribution in [0.3, 0.4) is 0 Å². The molecule has 4 N–H and O–H groups in total. The van der Waals surface area contributed by atoms with Gasteiger partial charge in [0.05, 0.1) is 49.8 Å². The first-order valence-electron chi connectivity index (χ1n) is 14.3. The summed E-state index contributed by atoms with van der Waals surface area (Å²) in [6, 6.07) is 13.2. The van der Waals surface area contributed by atoms with E-state index in [1.807, 2.05) is 26.0 Å². The van der Waals surface area contributed by atoms with Crippen molar-refractivity contribution in [2.45, 2.75) is 62.6 Å². The molecular formula is C30H42N2O9S. The highest BCUT2D eigenvalue weighted by atomic mass is 32.2. The van der Waals surface area contributed by atoms with E-state index in [0.717, 1.165) is 5.56 Å². The van der Waals surface area contributed by atoms with Crippen LogP contribution < -0.4 is 10.5 Å². The van der Waals surface area contributed by atoms with Crippen LogP contribution in [-0.4, -0.2) is 86.9 Å². The fraction of sp³-hybridized carbons (Fsp3) is 0.567. The Bertz CT molecular complexity index is 1270. The Morgan fingerprint density at radius 3 is 2.43 bits per heavy atom. The van der Waals surface area contributed by atoms with Crippen LogP contribution in [-0.2, 0) is 35.4 Å². The molecule has 0 spiro atoms. The van der Waals surface area contributed by atoms with E-state index in [0.29, 0.717) is 30.9 Å². The topological polar surface area (TPSA) is 158 Å². The van der Waals surface area contributed by atoms with Crippen LogP contribution in [0.1, 0.15) is 32.3 Å². The second-order valence-electron chi connectivity index (χ2n) is 11.4. The van der Waals surface area contributed by atoms with Gasteiger partial charge in [0.15, 0.2) is 6.29 Å². The van der Waals surface area contributed by atoms with E-state index in [1.165, 1.54) is 28.6 Å². The number of fused-ring (bicyclic) bond motifs is 1. The zero-order chi connectivity index (χ0) is 30.4. The summed E-state index contributed by atoms with van der Waals surface area (Å²) < 4.78 is 50.6. The maximum Gasteiger partial charge on any atom is 0.306 e. The minimum Gasteiger partial charge on any atom is -0.497 e. The molecule has 12 heteroatoms. The molecule has 11 nitrogen and oxygen atoms in total. The predicted octanol–water partition coefficient (Wildman–Crippen LogP) is 2.20. The summed E-state index contributed by atoms with van der Waals surface area (Å²) in [5, 5.41) is 21.9. The van der Waals surface area contributed by atoms with E-state index in [2.05, 4.69) is 0 Å². The number of carbonyl (C=O) groups is 1. The van der Waals surface area contributed by atoms with Gasteiger partial charge < -0.3 is 34.9 Å². The number of hydrogen-bond donors (Lipinski definition) is 3. The van der Waals surface area contributed by atoms with E-state index >= 15 is 0 Å². The maximum absolute atomic E-state index is 13.6. The summed E-state index contributed by atoms with van der Waals surface area (Å²) in [5.41, 5.74) is 7.04. The molecule has 2 heterocycles. The first-order valence-corrected chi connectivity index (χ1v) is 15.7. The zero-order valence-electron chi connectivity index (χ0n) is 24.3. The molecule has 0 saturated carbocycles. The lowest BCUT2D eigenvalue weighted by Gasteiger charge is -2.34. The minimum atomic E-state index is -3.96. The van der Waals surface area contributed by atoms with Crippen LogP contribution in [0.25, 0.3) is 0 Å². The quantitative estimate of drug-likeness (QED) is 0.228. The highest BCUT2D eigenvalue weighted by Crippen LogP contribution is 2.34. The lowest BCUT2D eigenvalue weighted by atomic mass is 9.90. The zero-order valence-corrected chi connectivity index (χ0v) is 25.1. The highest BCUT2D eigenvalue weighted by Gasteiger charge is 2.47. The molecule has 0 amide bonds. The van der Waals surface area contributed by atoms with Crippen LogP contribution in [0.15, 0.2) is 53.4 Å². The van der Waals surface area contributed by atoms with Crippen LogP contribution in [0, 0.1) is 17.8 Å². The van der Waals surface area contributed by atoms with Gasteiger partial charge in [-0.25, -0.2) is 8.42 Å². The number of rotatable bonds is 13. The number of methoxy groups -OCH3 is 1. The van der Waals surface area contributed by atoms with Gasteiger partial charge in [-0.3, -0.25) is 4.79 Å². The molecule has 2 saturated heterocycles. The first-order chi connectivity index (χ1) is 20.0. The molecule has 0 aromatic heterocycles. The lowest BCUT2D eigenvalue weighted by Crippen LogP contribution is -2.45. The van der Waals surface area contributed by atoms with E-state index in [-0.39, 0.29) is 36.9 Å². The van der Waals surface area contributed by atoms with Gasteiger partial charge in [-0.05, 0) is 54.3 Å². The normalized spacial score (nSPS) is 23.9. The number of esters is 1. The summed E-state index contributed by atoms with van der Waals surface area (Å²) in [6.07, 6.45) is -2.66. The van der Waals surface area contributed by atoms with E-state index in [9.17, 15) is 23.4 Å². The van der Waals surface area contributed by atoms with Gasteiger partial charge in [0.25, 0.3) is 0 Å². The van der Waals surface area contributed by atoms with Crippen molar-refractivity contribution in [1.82, 2.24) is 4.31 Å². The van der Waals surface area contributed by atoms with Crippen LogP contribution in [0.4, 0.5) is 5.69 Å². The van der Waals surface area contributed by atoms with Gasteiger partial charge in [0, 0.05) is 31.1 Å². The summed E-state index contributed by atoms with van der Waals surface area (Å²) in [7, 11) is -2.40. The lowest BCUT2D eigenvalue weighted by molar-refractivity contribution is -0.199. The van der Waals surface area contributed by atoms with Crippen molar-refractivity contribution in [2.24, 2.45) is 17.8 Å². The number of nitrogens with two attached hydrogens (primary N) is 1. The van der Waals surface area contributed by atoms with Gasteiger partial charge >= 0.3 is 5.97 Å². The third kappa shape index (κ3) is 8.00. The van der Waals surface area contributed by atoms with Crippen molar-refractivity contribution in [1.29, 1.82) is 0 Å². The van der Waals surface area contributed by atoms with Gasteiger partial charge in [-0.15, -0.1) is 0 Å². The maximum atomic E-state index is 13.6. The van der Waals surface area contributed by atoms with Crippen LogP contribution in [0.5, 0.6) is 5.75 Å². The first kappa shape index (κ1) is 32.2. The molecule has 2 aliphatic rings. The third-order valence-electron chi connectivity index (χ3n) is 7.69. The number of aliphatic hydroxyl groups excluding tert-OH is 2. The number of nitrogens with zero attached hydrogens (tertiary/aromatic N) is 1. The Kier molecular flexibility index (Phi) is 10.8. The van der Waals surface area contributed by atoms with Gasteiger partial charge in [0.1, 0.15) is 11.9 Å². The summed E-state index contributed by atoms with van der Waals surface area (Å²) >= 11 is 0. The summed E-state index contributed by atoms with van der Waals surface area (Å²) in [5.74, 6) is -1.05. The summed E-state index contributed by atoms with van der Waals surface area (Å²) in [6.45, 7) is 4.19. The number of benzene rings is 2. The number of carbonyl (C=O) groups excluding carboxylic acids is 1. The molecule has 42 heavy (non-hydrogen) atoms. The van der Waals surface area contributed by atoms with E-state index in [4.69, 9.17) is 24.7 Å². The molecule has 2 aromatic carbocycles. The number of anilines is 1. The van der Waals surface area contributed by atoms with E-state index in [1.54, 1.807) is 19.2 Å². The third-order valence-corrected chi connectivity index (χ3v) is 9.54. The second-order valence-corrected chi connectivity index (χ2v) is 13.3. The second kappa shape index (κ2) is 14.2. The average molecular weight is 607 g/mol. The fourth-order valence-electron chi connectivity index (χ4n) is 5.47. The number of ether oxygens (including phenoxy) is 4. The number of nitrogen functional groups attached to an aromatic ring is 1. The average Bonchev–Trinajstić information content (AvgIpc) is 3.34. The summed E-state index contributed by atoms with van der Waals surface area (Å²) in [4.78, 5) is 13.3. The number of hydrogen-bond acceptors (Lipinski definition) is 10. The van der Waals surface area contributed by atoms with Crippen molar-refractivity contribution in [2.75, 3.05) is 39.1 Å². The molecule has 0 bridgehead atoms. The fourth-order valence-corrected chi connectivity index (χ4v) is 7.10. The molecule has 0 unspecified atom stereocenters. The Hall–Kier alpha value is -2.74. The largest absolute Gasteiger partial charge is 0.497 e. The van der Waals surface area contributed by atoms with Crippen molar-refractivity contribution in [3.63, 3.8) is 0 Å². The SMILES string of the molecule is COc1ccc(C[C@H](CC(=O)O[C@H]2CCO[C@H]3OC[C@H](O)[C@H]32)[C@H](O)CN(CC(C)C)S(=O)(=O)c2ccc(N)cc2)cc1. The van der Waals surface area contributed by atoms with Crippen molar-refractivity contribution in [3.8, 4) is 5.75 Å². The van der Waals surface area contributed by atoms with Crippen molar-refractivity contribution >= 4 is 21.7 Å². The molecule has 6 atom stereocenters. The van der Waals surface area contributed by atoms with Crippen molar-refractivity contribution < 1.29 is 42.4 Å². The molecule has 2 aliphatic heterocycles. The molecule has 0 aliphatic carbocycles. The van der Waals surface area contributed by atoms with Crippen LogP contribution in [0.2, 0.25) is 0 Å². The van der Waals surface area contributed by atoms with Gasteiger partial charge in [-0.1, -0.05) is 26.0 Å². The standard InChI is InChI=1S/C30H42N2O9S/c1-19(2)16-32(42(36,37)24-10-6-22(31)7-11-24)17-25(33)21(14-20-4-8-23(38-3)9-5-20)15-28(35)41-27-12-13-39-30-29(27)26(34)18-40-30/h4-11,19,21,25-27,29-30,33-34H,12-18,31H2,1-3H3/t21-,25-,26+,27+,29+,30+/m1/s1. The minimum absolute atomic E-state index is 0.0210. The molecule has 0 radical (unpaired) electrons. The highest BCUT2D eigenvalue weighted by molar-refractivity contribution is 7.89. The number of aliphatic hydroxyl groups is 2. The smallest absolute Gasteiger partial charge is 0.306 e.